The molecule has 1 aliphatic carbocycles. The highest BCUT2D eigenvalue weighted by Crippen LogP contribution is 2.24. The van der Waals surface area contributed by atoms with Crippen molar-refractivity contribution >= 4 is 6.08 Å². The Morgan fingerprint density at radius 1 is 1.16 bits per heavy atom. The molecule has 0 aromatic carbocycles. The second kappa shape index (κ2) is 6.20. The van der Waals surface area contributed by atoms with Crippen molar-refractivity contribution in [1.82, 2.24) is 10.3 Å². The van der Waals surface area contributed by atoms with E-state index in [0.717, 1.165) is 17.9 Å². The van der Waals surface area contributed by atoms with Crippen LogP contribution in [0.2, 0.25) is 0 Å². The first-order valence-electron chi connectivity index (χ1n) is 7.43. The summed E-state index contributed by atoms with van der Waals surface area (Å²) in [6.45, 7) is 1.14. The number of rotatable bonds is 4. The second-order valence-electron chi connectivity index (χ2n) is 5.54. The summed E-state index contributed by atoms with van der Waals surface area (Å²) >= 11 is 0. The molecule has 1 N–H and O–H groups in total. The van der Waals surface area contributed by atoms with Crippen LogP contribution in [0.3, 0.4) is 0 Å². The van der Waals surface area contributed by atoms with Gasteiger partial charge in [-0.15, -0.1) is 0 Å². The molecule has 0 amide bonds. The van der Waals surface area contributed by atoms with Gasteiger partial charge in [0.15, 0.2) is 0 Å². The van der Waals surface area contributed by atoms with Crippen LogP contribution in [-0.2, 0) is 0 Å². The largest absolute Gasteiger partial charge is 0.489 e. The van der Waals surface area contributed by atoms with Crippen molar-refractivity contribution in [2.24, 2.45) is 0 Å². The normalized spacial score (nSPS) is 24.3. The molecule has 0 spiro atoms. The van der Waals surface area contributed by atoms with Crippen molar-refractivity contribution in [2.75, 3.05) is 6.54 Å². The van der Waals surface area contributed by atoms with Gasteiger partial charge in [-0.3, -0.25) is 4.98 Å². The molecule has 19 heavy (non-hydrogen) atoms. The van der Waals surface area contributed by atoms with E-state index in [2.05, 4.69) is 28.5 Å². The molecule has 2 heterocycles. The van der Waals surface area contributed by atoms with Gasteiger partial charge in [-0.25, -0.2) is 0 Å². The lowest BCUT2D eigenvalue weighted by Gasteiger charge is -2.12. The zero-order valence-electron chi connectivity index (χ0n) is 11.3. The molecular formula is C16H22N2O. The summed E-state index contributed by atoms with van der Waals surface area (Å²) in [5, 5.41) is 3.46. The smallest absolute Gasteiger partial charge is 0.138 e. The molecule has 3 heteroatoms. The van der Waals surface area contributed by atoms with Crippen LogP contribution in [0, 0.1) is 0 Å². The maximum absolute atomic E-state index is 5.98. The molecule has 1 saturated carbocycles. The van der Waals surface area contributed by atoms with E-state index >= 15 is 0 Å². The average Bonchev–Trinajstić information content (AvgIpc) is 3.10. The van der Waals surface area contributed by atoms with E-state index in [9.17, 15) is 0 Å². The molecule has 2 aliphatic rings. The first-order chi connectivity index (χ1) is 9.40. The highest BCUT2D eigenvalue weighted by molar-refractivity contribution is 5.50. The standard InChI is InChI=1S/C16H22N2O/c1-2-6-15(5-1)19-16-10-13(11-17-12-16)7-8-14-4-3-9-18-14/h7-8,10-12,14-15,18H,1-6,9H2/b8-7+/t14-/m1/s1. The van der Waals surface area contributed by atoms with Crippen molar-refractivity contribution in [2.45, 2.75) is 50.7 Å². The third kappa shape index (κ3) is 3.57. The van der Waals surface area contributed by atoms with Crippen LogP contribution in [-0.4, -0.2) is 23.7 Å². The summed E-state index contributed by atoms with van der Waals surface area (Å²) in [6.07, 6.45) is 16.0. The van der Waals surface area contributed by atoms with E-state index < -0.39 is 0 Å². The Bertz CT molecular complexity index is 432. The number of nitrogens with one attached hydrogen (secondary N) is 1. The molecular weight excluding hydrogens is 236 g/mol. The predicted octanol–water partition coefficient (Wildman–Crippen LogP) is 3.17. The van der Waals surface area contributed by atoms with Crippen LogP contribution in [0.15, 0.2) is 24.5 Å². The van der Waals surface area contributed by atoms with Crippen molar-refractivity contribution < 1.29 is 4.74 Å². The minimum absolute atomic E-state index is 0.400. The summed E-state index contributed by atoms with van der Waals surface area (Å²) in [5.74, 6) is 0.911. The Morgan fingerprint density at radius 3 is 2.84 bits per heavy atom. The van der Waals surface area contributed by atoms with Gasteiger partial charge < -0.3 is 10.1 Å². The molecule has 1 aliphatic heterocycles. The maximum Gasteiger partial charge on any atom is 0.138 e. The summed E-state index contributed by atoms with van der Waals surface area (Å²) in [6, 6.07) is 2.62. The molecule has 1 aromatic heterocycles. The van der Waals surface area contributed by atoms with Gasteiger partial charge in [0.25, 0.3) is 0 Å². The number of aromatic nitrogens is 1. The average molecular weight is 258 g/mol. The number of nitrogens with zero attached hydrogens (tertiary/aromatic N) is 1. The van der Waals surface area contributed by atoms with Crippen molar-refractivity contribution in [3.05, 3.63) is 30.1 Å². The Hall–Kier alpha value is -1.35. The van der Waals surface area contributed by atoms with Crippen LogP contribution >= 0.6 is 0 Å². The number of ether oxygens (including phenoxy) is 1. The monoisotopic (exact) mass is 258 g/mol. The Morgan fingerprint density at radius 2 is 2.05 bits per heavy atom. The SMILES string of the molecule is C(=C\[C@H]1CCCN1)/c1cncc(OC2CCCC2)c1. The maximum atomic E-state index is 5.98. The van der Waals surface area contributed by atoms with Gasteiger partial charge in [-0.05, 0) is 56.7 Å². The quantitative estimate of drug-likeness (QED) is 0.900. The molecule has 0 unspecified atom stereocenters. The number of hydrogen-bond acceptors (Lipinski definition) is 3. The molecule has 1 aromatic rings. The number of pyridine rings is 1. The van der Waals surface area contributed by atoms with Crippen LogP contribution in [0.1, 0.15) is 44.1 Å². The fourth-order valence-electron chi connectivity index (χ4n) is 2.89. The molecule has 102 valence electrons. The lowest BCUT2D eigenvalue weighted by molar-refractivity contribution is 0.209. The zero-order valence-corrected chi connectivity index (χ0v) is 11.3. The van der Waals surface area contributed by atoms with E-state index in [1.807, 2.05) is 12.4 Å². The molecule has 1 atom stereocenters. The van der Waals surface area contributed by atoms with Crippen LogP contribution < -0.4 is 10.1 Å². The van der Waals surface area contributed by atoms with Gasteiger partial charge in [-0.1, -0.05) is 12.2 Å². The van der Waals surface area contributed by atoms with Crippen molar-refractivity contribution in [3.8, 4) is 5.75 Å². The van der Waals surface area contributed by atoms with Crippen LogP contribution in [0.5, 0.6) is 5.75 Å². The molecule has 2 fully saturated rings. The predicted molar refractivity (Wildman–Crippen MR) is 77.2 cm³/mol. The topological polar surface area (TPSA) is 34.2 Å². The highest BCUT2D eigenvalue weighted by Gasteiger charge is 2.16. The van der Waals surface area contributed by atoms with Gasteiger partial charge in [0, 0.05) is 12.2 Å². The van der Waals surface area contributed by atoms with Gasteiger partial charge in [0.05, 0.1) is 12.3 Å². The number of hydrogen-bond donors (Lipinski definition) is 1. The van der Waals surface area contributed by atoms with E-state index in [1.54, 1.807) is 0 Å². The minimum atomic E-state index is 0.400. The van der Waals surface area contributed by atoms with Gasteiger partial charge in [-0.2, -0.15) is 0 Å². The van der Waals surface area contributed by atoms with Crippen molar-refractivity contribution in [1.29, 1.82) is 0 Å². The van der Waals surface area contributed by atoms with Crippen LogP contribution in [0.4, 0.5) is 0 Å². The summed E-state index contributed by atoms with van der Waals surface area (Å²) in [4.78, 5) is 4.28. The summed E-state index contributed by atoms with van der Waals surface area (Å²) in [7, 11) is 0. The third-order valence-electron chi connectivity index (χ3n) is 3.96. The van der Waals surface area contributed by atoms with E-state index in [1.165, 1.54) is 38.5 Å². The summed E-state index contributed by atoms with van der Waals surface area (Å²) in [5.41, 5.74) is 1.13. The highest BCUT2D eigenvalue weighted by atomic mass is 16.5. The zero-order chi connectivity index (χ0) is 12.9. The molecule has 0 bridgehead atoms. The molecule has 3 rings (SSSR count). The molecule has 3 nitrogen and oxygen atoms in total. The van der Waals surface area contributed by atoms with E-state index in [-0.39, 0.29) is 0 Å². The first kappa shape index (κ1) is 12.7. The van der Waals surface area contributed by atoms with Gasteiger partial charge >= 0.3 is 0 Å². The van der Waals surface area contributed by atoms with Gasteiger partial charge in [0.2, 0.25) is 0 Å². The second-order valence-corrected chi connectivity index (χ2v) is 5.54. The lowest BCUT2D eigenvalue weighted by Crippen LogP contribution is -2.17. The lowest BCUT2D eigenvalue weighted by atomic mass is 10.2. The third-order valence-corrected chi connectivity index (χ3v) is 3.96. The molecule has 0 radical (unpaired) electrons. The Labute approximate surface area is 115 Å². The van der Waals surface area contributed by atoms with Crippen LogP contribution in [0.25, 0.3) is 6.08 Å². The van der Waals surface area contributed by atoms with E-state index in [0.29, 0.717) is 12.1 Å². The Kier molecular flexibility index (Phi) is 4.13. The first-order valence-corrected chi connectivity index (χ1v) is 7.43. The Balaban J connectivity index is 1.61. The summed E-state index contributed by atoms with van der Waals surface area (Å²) < 4.78 is 5.98. The fourth-order valence-corrected chi connectivity index (χ4v) is 2.89. The van der Waals surface area contributed by atoms with Gasteiger partial charge in [0.1, 0.15) is 5.75 Å². The minimum Gasteiger partial charge on any atom is -0.489 e. The molecule has 1 saturated heterocycles. The fraction of sp³-hybridized carbons (Fsp3) is 0.562. The van der Waals surface area contributed by atoms with Crippen molar-refractivity contribution in [3.63, 3.8) is 0 Å². The van der Waals surface area contributed by atoms with E-state index in [4.69, 9.17) is 4.74 Å².